The maximum absolute atomic E-state index is 8.70. The Bertz CT molecular complexity index is 98.5. The Morgan fingerprint density at radius 1 is 1.42 bits per heavy atom. The van der Waals surface area contributed by atoms with E-state index in [4.69, 9.17) is 10.8 Å². The van der Waals surface area contributed by atoms with Crippen LogP contribution >= 0.6 is 0 Å². The SMILES string of the molecule is CCCCCN(C)CC(N)CO. The van der Waals surface area contributed by atoms with Crippen LogP contribution in [0.4, 0.5) is 0 Å². The zero-order chi connectivity index (χ0) is 9.40. The molecule has 3 N–H and O–H groups in total. The zero-order valence-corrected chi connectivity index (χ0v) is 8.29. The van der Waals surface area contributed by atoms with Crippen molar-refractivity contribution in [2.75, 3.05) is 26.7 Å². The number of hydrogen-bond acceptors (Lipinski definition) is 3. The number of aliphatic hydroxyl groups excluding tert-OH is 1. The Kier molecular flexibility index (Phi) is 7.45. The van der Waals surface area contributed by atoms with E-state index in [-0.39, 0.29) is 12.6 Å². The minimum absolute atomic E-state index is 0.0815. The Balaban J connectivity index is 3.26. The second-order valence-corrected chi connectivity index (χ2v) is 3.41. The Morgan fingerprint density at radius 2 is 2.08 bits per heavy atom. The smallest absolute Gasteiger partial charge is 0.0595 e. The van der Waals surface area contributed by atoms with Crippen LogP contribution in [0.15, 0.2) is 0 Å². The van der Waals surface area contributed by atoms with Crippen molar-refractivity contribution in [1.29, 1.82) is 0 Å². The fourth-order valence-corrected chi connectivity index (χ4v) is 1.18. The van der Waals surface area contributed by atoms with Crippen molar-refractivity contribution in [3.63, 3.8) is 0 Å². The fraction of sp³-hybridized carbons (Fsp3) is 1.00. The van der Waals surface area contributed by atoms with Gasteiger partial charge in [-0.15, -0.1) is 0 Å². The molecule has 0 spiro atoms. The van der Waals surface area contributed by atoms with Gasteiger partial charge < -0.3 is 15.7 Å². The van der Waals surface area contributed by atoms with Gasteiger partial charge in [-0.05, 0) is 20.0 Å². The first-order chi connectivity index (χ1) is 5.70. The first-order valence-corrected chi connectivity index (χ1v) is 4.75. The topological polar surface area (TPSA) is 49.5 Å². The number of nitrogens with zero attached hydrogens (tertiary/aromatic N) is 1. The summed E-state index contributed by atoms with van der Waals surface area (Å²) >= 11 is 0. The molecule has 0 aromatic carbocycles. The maximum atomic E-state index is 8.70. The lowest BCUT2D eigenvalue weighted by molar-refractivity contribution is 0.220. The fourth-order valence-electron chi connectivity index (χ4n) is 1.18. The summed E-state index contributed by atoms with van der Waals surface area (Å²) in [6.45, 7) is 4.15. The highest BCUT2D eigenvalue weighted by Gasteiger charge is 2.03. The van der Waals surface area contributed by atoms with Gasteiger partial charge in [-0.25, -0.2) is 0 Å². The standard InChI is InChI=1S/C9H22N2O/c1-3-4-5-6-11(2)7-9(10)8-12/h9,12H,3-8,10H2,1-2H3. The van der Waals surface area contributed by atoms with Crippen molar-refractivity contribution in [1.82, 2.24) is 4.90 Å². The van der Waals surface area contributed by atoms with Gasteiger partial charge in [0.1, 0.15) is 0 Å². The number of unbranched alkanes of at least 4 members (excludes halogenated alkanes) is 2. The van der Waals surface area contributed by atoms with Crippen LogP contribution in [0, 0.1) is 0 Å². The van der Waals surface area contributed by atoms with E-state index < -0.39 is 0 Å². The molecule has 0 aromatic rings. The summed E-state index contributed by atoms with van der Waals surface area (Å²) in [7, 11) is 2.05. The van der Waals surface area contributed by atoms with E-state index >= 15 is 0 Å². The Morgan fingerprint density at radius 3 is 2.58 bits per heavy atom. The second kappa shape index (κ2) is 7.53. The minimum atomic E-state index is -0.0865. The number of hydrogen-bond donors (Lipinski definition) is 2. The molecular formula is C9H22N2O. The van der Waals surface area contributed by atoms with Crippen molar-refractivity contribution >= 4 is 0 Å². The third kappa shape index (κ3) is 6.58. The molecule has 0 heterocycles. The predicted octanol–water partition coefficient (Wildman–Crippen LogP) is 0.428. The van der Waals surface area contributed by atoms with Gasteiger partial charge in [0.05, 0.1) is 6.61 Å². The lowest BCUT2D eigenvalue weighted by atomic mass is 10.2. The lowest BCUT2D eigenvalue weighted by Crippen LogP contribution is -2.38. The van der Waals surface area contributed by atoms with Crippen molar-refractivity contribution in [2.24, 2.45) is 5.73 Å². The number of aliphatic hydroxyl groups is 1. The van der Waals surface area contributed by atoms with Crippen molar-refractivity contribution in [3.8, 4) is 0 Å². The molecular weight excluding hydrogens is 152 g/mol. The largest absolute Gasteiger partial charge is 0.395 e. The molecule has 0 radical (unpaired) electrons. The van der Waals surface area contributed by atoms with E-state index in [9.17, 15) is 0 Å². The summed E-state index contributed by atoms with van der Waals surface area (Å²) in [5.41, 5.74) is 5.59. The molecule has 0 bridgehead atoms. The summed E-state index contributed by atoms with van der Waals surface area (Å²) in [4.78, 5) is 2.18. The maximum Gasteiger partial charge on any atom is 0.0595 e. The molecule has 3 heteroatoms. The molecule has 0 aliphatic rings. The van der Waals surface area contributed by atoms with E-state index in [1.807, 2.05) is 7.05 Å². The highest BCUT2D eigenvalue weighted by atomic mass is 16.3. The molecule has 12 heavy (non-hydrogen) atoms. The van der Waals surface area contributed by atoms with Gasteiger partial charge in [-0.3, -0.25) is 0 Å². The first-order valence-electron chi connectivity index (χ1n) is 4.75. The van der Waals surface area contributed by atoms with E-state index in [1.54, 1.807) is 0 Å². The van der Waals surface area contributed by atoms with Gasteiger partial charge in [0, 0.05) is 12.6 Å². The predicted molar refractivity (Wildman–Crippen MR) is 52.1 cm³/mol. The van der Waals surface area contributed by atoms with Crippen LogP contribution in [0.2, 0.25) is 0 Å². The summed E-state index contributed by atoms with van der Waals surface area (Å²) < 4.78 is 0. The Labute approximate surface area is 75.6 Å². The van der Waals surface area contributed by atoms with Crippen LogP contribution in [0.1, 0.15) is 26.2 Å². The highest BCUT2D eigenvalue weighted by molar-refractivity contribution is 4.63. The molecule has 1 unspecified atom stereocenters. The lowest BCUT2D eigenvalue weighted by Gasteiger charge is -2.19. The third-order valence-electron chi connectivity index (χ3n) is 1.92. The molecule has 74 valence electrons. The summed E-state index contributed by atoms with van der Waals surface area (Å²) in [5, 5.41) is 8.70. The third-order valence-corrected chi connectivity index (χ3v) is 1.92. The van der Waals surface area contributed by atoms with Gasteiger partial charge in [0.25, 0.3) is 0 Å². The monoisotopic (exact) mass is 174 g/mol. The average Bonchev–Trinajstić information content (AvgIpc) is 2.05. The Hall–Kier alpha value is -0.120. The average molecular weight is 174 g/mol. The minimum Gasteiger partial charge on any atom is -0.395 e. The summed E-state index contributed by atoms with van der Waals surface area (Å²) in [6, 6.07) is -0.0865. The molecule has 0 aromatic heterocycles. The summed E-state index contributed by atoms with van der Waals surface area (Å²) in [5.74, 6) is 0. The molecule has 0 amide bonds. The van der Waals surface area contributed by atoms with Gasteiger partial charge in [-0.2, -0.15) is 0 Å². The summed E-state index contributed by atoms with van der Waals surface area (Å²) in [6.07, 6.45) is 3.75. The van der Waals surface area contributed by atoms with E-state index in [0.717, 1.165) is 13.1 Å². The zero-order valence-electron chi connectivity index (χ0n) is 8.29. The van der Waals surface area contributed by atoms with Crippen LogP contribution < -0.4 is 5.73 Å². The molecule has 0 aliphatic carbocycles. The quantitative estimate of drug-likeness (QED) is 0.550. The first kappa shape index (κ1) is 11.9. The van der Waals surface area contributed by atoms with Gasteiger partial charge in [-0.1, -0.05) is 19.8 Å². The normalized spacial score (nSPS) is 13.8. The molecule has 0 rings (SSSR count). The van der Waals surface area contributed by atoms with Crippen molar-refractivity contribution < 1.29 is 5.11 Å². The number of likely N-dealkylation sites (N-methyl/N-ethyl adjacent to an activating group) is 1. The molecule has 1 atom stereocenters. The molecule has 0 aliphatic heterocycles. The van der Waals surface area contributed by atoms with Gasteiger partial charge >= 0.3 is 0 Å². The van der Waals surface area contributed by atoms with Crippen LogP contribution in [0.5, 0.6) is 0 Å². The van der Waals surface area contributed by atoms with Crippen LogP contribution in [0.25, 0.3) is 0 Å². The highest BCUT2D eigenvalue weighted by Crippen LogP contribution is 1.96. The second-order valence-electron chi connectivity index (χ2n) is 3.41. The van der Waals surface area contributed by atoms with Crippen LogP contribution in [0.3, 0.4) is 0 Å². The van der Waals surface area contributed by atoms with Crippen LogP contribution in [-0.2, 0) is 0 Å². The van der Waals surface area contributed by atoms with E-state index in [0.29, 0.717) is 0 Å². The van der Waals surface area contributed by atoms with Crippen molar-refractivity contribution in [2.45, 2.75) is 32.2 Å². The molecule has 0 fully saturated rings. The molecule has 3 nitrogen and oxygen atoms in total. The number of rotatable bonds is 7. The van der Waals surface area contributed by atoms with Gasteiger partial charge in [0.15, 0.2) is 0 Å². The molecule has 0 saturated carbocycles. The van der Waals surface area contributed by atoms with E-state index in [1.165, 1.54) is 19.3 Å². The number of nitrogens with two attached hydrogens (primary N) is 1. The van der Waals surface area contributed by atoms with Crippen molar-refractivity contribution in [3.05, 3.63) is 0 Å². The molecule has 0 saturated heterocycles. The van der Waals surface area contributed by atoms with Crippen LogP contribution in [-0.4, -0.2) is 42.8 Å². The van der Waals surface area contributed by atoms with Gasteiger partial charge in [0.2, 0.25) is 0 Å². The van der Waals surface area contributed by atoms with E-state index in [2.05, 4.69) is 11.8 Å².